The van der Waals surface area contributed by atoms with Crippen LogP contribution in [0.5, 0.6) is 5.75 Å². The van der Waals surface area contributed by atoms with Gasteiger partial charge in [0.05, 0.1) is 0 Å². The molecule has 3 rings (SSSR count). The number of hydrogen-bond donors (Lipinski definition) is 1. The molecule has 1 aromatic heterocycles. The molecule has 0 spiro atoms. The van der Waals surface area contributed by atoms with Crippen molar-refractivity contribution >= 4 is 17.5 Å². The smallest absolute Gasteiger partial charge is 0.263 e. The van der Waals surface area contributed by atoms with Crippen molar-refractivity contribution in [3.8, 4) is 5.75 Å². The van der Waals surface area contributed by atoms with E-state index in [-0.39, 0.29) is 12.5 Å². The summed E-state index contributed by atoms with van der Waals surface area (Å²) in [7, 11) is 0. The summed E-state index contributed by atoms with van der Waals surface area (Å²) in [6.45, 7) is 5.90. The van der Waals surface area contributed by atoms with E-state index in [0.29, 0.717) is 5.82 Å². The topological polar surface area (TPSA) is 67.3 Å². The Morgan fingerprint density at radius 3 is 2.79 bits per heavy atom. The quantitative estimate of drug-likeness (QED) is 0.915. The molecule has 1 fully saturated rings. The highest BCUT2D eigenvalue weighted by Crippen LogP contribution is 2.20. The molecule has 1 amide bonds. The molecule has 0 saturated carbocycles. The fourth-order valence-corrected chi connectivity index (χ4v) is 2.72. The van der Waals surface area contributed by atoms with Crippen molar-refractivity contribution in [2.24, 2.45) is 0 Å². The number of carbonyl (C=O) groups excluding carboxylic acids is 1. The summed E-state index contributed by atoms with van der Waals surface area (Å²) in [5, 5.41) is 2.77. The number of aromatic nitrogens is 2. The van der Waals surface area contributed by atoms with E-state index in [1.165, 1.54) is 19.2 Å². The Labute approximate surface area is 141 Å². The number of benzene rings is 1. The fraction of sp³-hybridized carbons (Fsp3) is 0.389. The van der Waals surface area contributed by atoms with E-state index in [1.54, 1.807) is 6.07 Å². The van der Waals surface area contributed by atoms with Gasteiger partial charge in [-0.15, -0.1) is 0 Å². The minimum atomic E-state index is -0.234. The van der Waals surface area contributed by atoms with Crippen LogP contribution in [0.1, 0.15) is 24.0 Å². The number of nitrogens with zero attached hydrogens (tertiary/aromatic N) is 3. The Balaban J connectivity index is 1.58. The molecule has 6 nitrogen and oxygen atoms in total. The predicted octanol–water partition coefficient (Wildman–Crippen LogP) is 2.71. The number of carbonyl (C=O) groups is 1. The van der Waals surface area contributed by atoms with Crippen molar-refractivity contribution in [2.75, 3.05) is 29.9 Å². The molecule has 0 unspecified atom stereocenters. The normalized spacial score (nSPS) is 13.8. The maximum atomic E-state index is 12.1. The maximum absolute atomic E-state index is 12.1. The Morgan fingerprint density at radius 2 is 2.00 bits per heavy atom. The molecule has 1 N–H and O–H groups in total. The van der Waals surface area contributed by atoms with E-state index in [9.17, 15) is 4.79 Å². The predicted molar refractivity (Wildman–Crippen MR) is 93.5 cm³/mol. The minimum absolute atomic E-state index is 0.0483. The zero-order chi connectivity index (χ0) is 16.9. The van der Waals surface area contributed by atoms with Crippen LogP contribution in [0.4, 0.5) is 11.6 Å². The lowest BCUT2D eigenvalue weighted by atomic mass is 10.1. The van der Waals surface area contributed by atoms with Gasteiger partial charge in [-0.1, -0.05) is 12.1 Å². The number of hydrogen-bond acceptors (Lipinski definition) is 5. The molecule has 2 aromatic rings. The number of ether oxygens (including phenoxy) is 1. The summed E-state index contributed by atoms with van der Waals surface area (Å²) in [4.78, 5) is 22.7. The summed E-state index contributed by atoms with van der Waals surface area (Å²) < 4.78 is 5.62. The van der Waals surface area contributed by atoms with Gasteiger partial charge >= 0.3 is 0 Å². The third kappa shape index (κ3) is 4.01. The van der Waals surface area contributed by atoms with Crippen LogP contribution >= 0.6 is 0 Å². The molecule has 0 aliphatic carbocycles. The lowest BCUT2D eigenvalue weighted by molar-refractivity contribution is -0.118. The van der Waals surface area contributed by atoms with Crippen LogP contribution in [-0.4, -0.2) is 35.6 Å². The monoisotopic (exact) mass is 326 g/mol. The third-order valence-electron chi connectivity index (χ3n) is 4.05. The second-order valence-electron chi connectivity index (χ2n) is 6.06. The Kier molecular flexibility index (Phi) is 4.93. The first kappa shape index (κ1) is 16.2. The van der Waals surface area contributed by atoms with Gasteiger partial charge < -0.3 is 15.0 Å². The van der Waals surface area contributed by atoms with Gasteiger partial charge in [0.15, 0.2) is 6.61 Å². The zero-order valence-electron chi connectivity index (χ0n) is 14.1. The van der Waals surface area contributed by atoms with E-state index in [2.05, 4.69) is 20.2 Å². The van der Waals surface area contributed by atoms with Gasteiger partial charge in [0.1, 0.15) is 23.7 Å². The first-order valence-electron chi connectivity index (χ1n) is 8.19. The molecule has 0 atom stereocenters. The fourth-order valence-electron chi connectivity index (χ4n) is 2.72. The van der Waals surface area contributed by atoms with Crippen molar-refractivity contribution in [3.05, 3.63) is 41.7 Å². The van der Waals surface area contributed by atoms with E-state index in [4.69, 9.17) is 4.74 Å². The number of aryl methyl sites for hydroxylation is 2. The number of amides is 1. The highest BCUT2D eigenvalue weighted by molar-refractivity contribution is 5.91. The van der Waals surface area contributed by atoms with Crippen LogP contribution in [0.25, 0.3) is 0 Å². The average Bonchev–Trinajstić information content (AvgIpc) is 3.10. The lowest BCUT2D eigenvalue weighted by Gasteiger charge is -2.16. The van der Waals surface area contributed by atoms with E-state index >= 15 is 0 Å². The Bertz CT molecular complexity index is 727. The van der Waals surface area contributed by atoms with Crippen molar-refractivity contribution in [1.29, 1.82) is 0 Å². The van der Waals surface area contributed by atoms with Crippen LogP contribution in [0.15, 0.2) is 30.6 Å². The Hall–Kier alpha value is -2.63. The summed E-state index contributed by atoms with van der Waals surface area (Å²) >= 11 is 0. The highest BCUT2D eigenvalue weighted by atomic mass is 16.5. The Morgan fingerprint density at radius 1 is 1.21 bits per heavy atom. The largest absolute Gasteiger partial charge is 0.483 e. The van der Waals surface area contributed by atoms with E-state index in [1.807, 2.05) is 32.0 Å². The number of rotatable bonds is 5. The van der Waals surface area contributed by atoms with Crippen molar-refractivity contribution in [1.82, 2.24) is 9.97 Å². The van der Waals surface area contributed by atoms with Gasteiger partial charge in [-0.25, -0.2) is 9.97 Å². The molecule has 6 heteroatoms. The first-order chi connectivity index (χ1) is 11.6. The van der Waals surface area contributed by atoms with Crippen LogP contribution < -0.4 is 15.0 Å². The molecule has 1 saturated heterocycles. The van der Waals surface area contributed by atoms with E-state index < -0.39 is 0 Å². The zero-order valence-corrected chi connectivity index (χ0v) is 14.1. The first-order valence-corrected chi connectivity index (χ1v) is 8.19. The van der Waals surface area contributed by atoms with Gasteiger partial charge in [-0.2, -0.15) is 0 Å². The van der Waals surface area contributed by atoms with Crippen LogP contribution in [0.2, 0.25) is 0 Å². The molecule has 1 aliphatic heterocycles. The molecule has 24 heavy (non-hydrogen) atoms. The number of anilines is 2. The summed E-state index contributed by atoms with van der Waals surface area (Å²) in [5.74, 6) is 1.85. The van der Waals surface area contributed by atoms with Crippen molar-refractivity contribution in [3.63, 3.8) is 0 Å². The SMILES string of the molecule is Cc1ccc(C)c(OCC(=O)Nc2cc(N3CCCC3)ncn2)c1. The molecular formula is C18H22N4O2. The van der Waals surface area contributed by atoms with Gasteiger partial charge in [0, 0.05) is 19.2 Å². The van der Waals surface area contributed by atoms with Crippen LogP contribution in [0.3, 0.4) is 0 Å². The lowest BCUT2D eigenvalue weighted by Crippen LogP contribution is -2.22. The van der Waals surface area contributed by atoms with E-state index in [0.717, 1.165) is 35.8 Å². The van der Waals surface area contributed by atoms with Gasteiger partial charge in [-0.3, -0.25) is 4.79 Å². The van der Waals surface area contributed by atoms with Crippen molar-refractivity contribution in [2.45, 2.75) is 26.7 Å². The number of nitrogens with one attached hydrogen (secondary N) is 1. The molecule has 0 radical (unpaired) electrons. The molecule has 1 aliphatic rings. The maximum Gasteiger partial charge on any atom is 0.263 e. The standard InChI is InChI=1S/C18H22N4O2/c1-13-5-6-14(2)15(9-13)24-11-18(23)21-16-10-17(20-12-19-16)22-7-3-4-8-22/h5-6,9-10,12H,3-4,7-8,11H2,1-2H3,(H,19,20,21,23). The van der Waals surface area contributed by atoms with Crippen LogP contribution in [0, 0.1) is 13.8 Å². The minimum Gasteiger partial charge on any atom is -0.483 e. The van der Waals surface area contributed by atoms with Gasteiger partial charge in [0.25, 0.3) is 5.91 Å². The molecule has 0 bridgehead atoms. The second-order valence-corrected chi connectivity index (χ2v) is 6.06. The van der Waals surface area contributed by atoms with Gasteiger partial charge in [0.2, 0.25) is 0 Å². The molecular weight excluding hydrogens is 304 g/mol. The second kappa shape index (κ2) is 7.29. The van der Waals surface area contributed by atoms with Crippen LogP contribution in [-0.2, 0) is 4.79 Å². The summed E-state index contributed by atoms with van der Waals surface area (Å²) in [6.07, 6.45) is 3.83. The molecule has 2 heterocycles. The van der Waals surface area contributed by atoms with Crippen molar-refractivity contribution < 1.29 is 9.53 Å². The molecule has 1 aromatic carbocycles. The summed E-state index contributed by atoms with van der Waals surface area (Å²) in [6, 6.07) is 7.73. The summed E-state index contributed by atoms with van der Waals surface area (Å²) in [5.41, 5.74) is 2.11. The highest BCUT2D eigenvalue weighted by Gasteiger charge is 2.14. The molecule has 126 valence electrons. The average molecular weight is 326 g/mol. The third-order valence-corrected chi connectivity index (χ3v) is 4.05. The van der Waals surface area contributed by atoms with Gasteiger partial charge in [-0.05, 0) is 43.9 Å².